The molecule has 1 N–H and O–H groups in total. The molecule has 0 aliphatic heterocycles. The molecule has 0 radical (unpaired) electrons. The second-order valence-corrected chi connectivity index (χ2v) is 3.79. The minimum atomic E-state index is 0.333. The SMILES string of the molecule is CCCN[C@H](C)c1ccc(OC)c(OC)c1. The second-order valence-electron chi connectivity index (χ2n) is 3.79. The van der Waals surface area contributed by atoms with Crippen LogP contribution in [-0.4, -0.2) is 20.8 Å². The lowest BCUT2D eigenvalue weighted by molar-refractivity contribution is 0.354. The van der Waals surface area contributed by atoms with Crippen molar-refractivity contribution in [3.05, 3.63) is 23.8 Å². The highest BCUT2D eigenvalue weighted by atomic mass is 16.5. The molecule has 0 unspecified atom stereocenters. The van der Waals surface area contributed by atoms with E-state index in [1.54, 1.807) is 14.2 Å². The van der Waals surface area contributed by atoms with E-state index in [4.69, 9.17) is 9.47 Å². The van der Waals surface area contributed by atoms with Crippen molar-refractivity contribution in [1.82, 2.24) is 5.32 Å². The summed E-state index contributed by atoms with van der Waals surface area (Å²) in [5, 5.41) is 3.44. The van der Waals surface area contributed by atoms with Gasteiger partial charge < -0.3 is 14.8 Å². The molecule has 1 atom stereocenters. The van der Waals surface area contributed by atoms with Crippen molar-refractivity contribution >= 4 is 0 Å². The van der Waals surface area contributed by atoms with Crippen LogP contribution in [0.4, 0.5) is 0 Å². The topological polar surface area (TPSA) is 30.5 Å². The molecule has 0 heterocycles. The van der Waals surface area contributed by atoms with Crippen LogP contribution in [0.25, 0.3) is 0 Å². The van der Waals surface area contributed by atoms with Crippen molar-refractivity contribution in [2.45, 2.75) is 26.3 Å². The largest absolute Gasteiger partial charge is 0.493 e. The van der Waals surface area contributed by atoms with E-state index in [0.717, 1.165) is 24.5 Å². The van der Waals surface area contributed by atoms with Crippen LogP contribution < -0.4 is 14.8 Å². The van der Waals surface area contributed by atoms with Crippen molar-refractivity contribution in [3.8, 4) is 11.5 Å². The summed E-state index contributed by atoms with van der Waals surface area (Å²) in [6.45, 7) is 5.33. The number of benzene rings is 1. The summed E-state index contributed by atoms with van der Waals surface area (Å²) < 4.78 is 10.5. The van der Waals surface area contributed by atoms with Crippen LogP contribution in [0.3, 0.4) is 0 Å². The first-order valence-corrected chi connectivity index (χ1v) is 5.68. The number of hydrogen-bond acceptors (Lipinski definition) is 3. The molecule has 0 aromatic heterocycles. The molecule has 0 spiro atoms. The Hall–Kier alpha value is -1.22. The monoisotopic (exact) mass is 223 g/mol. The zero-order valence-corrected chi connectivity index (χ0v) is 10.5. The van der Waals surface area contributed by atoms with Gasteiger partial charge in [0.25, 0.3) is 0 Å². The van der Waals surface area contributed by atoms with E-state index < -0.39 is 0 Å². The van der Waals surface area contributed by atoms with E-state index in [1.807, 2.05) is 12.1 Å². The van der Waals surface area contributed by atoms with Crippen molar-refractivity contribution in [3.63, 3.8) is 0 Å². The highest BCUT2D eigenvalue weighted by Gasteiger charge is 2.09. The standard InChI is InChI=1S/C13H21NO2/c1-5-8-14-10(2)11-6-7-12(15-3)13(9-11)16-4/h6-7,9-10,14H,5,8H2,1-4H3/t10-/m1/s1. The molecule has 0 saturated carbocycles. The summed E-state index contributed by atoms with van der Waals surface area (Å²) in [4.78, 5) is 0. The highest BCUT2D eigenvalue weighted by molar-refractivity contribution is 5.43. The average molecular weight is 223 g/mol. The third kappa shape index (κ3) is 3.14. The van der Waals surface area contributed by atoms with Crippen LogP contribution in [0.15, 0.2) is 18.2 Å². The summed E-state index contributed by atoms with van der Waals surface area (Å²) in [6.07, 6.45) is 1.14. The quantitative estimate of drug-likeness (QED) is 0.804. The first-order valence-electron chi connectivity index (χ1n) is 5.68. The smallest absolute Gasteiger partial charge is 0.161 e. The normalized spacial score (nSPS) is 12.2. The third-order valence-electron chi connectivity index (χ3n) is 2.61. The summed E-state index contributed by atoms with van der Waals surface area (Å²) in [5.41, 5.74) is 1.21. The number of rotatable bonds is 6. The molecular weight excluding hydrogens is 202 g/mol. The molecule has 1 aromatic rings. The van der Waals surface area contributed by atoms with Gasteiger partial charge in [0.05, 0.1) is 14.2 Å². The maximum absolute atomic E-state index is 5.28. The predicted octanol–water partition coefficient (Wildman–Crippen LogP) is 2.76. The maximum atomic E-state index is 5.28. The zero-order chi connectivity index (χ0) is 12.0. The lowest BCUT2D eigenvalue weighted by Crippen LogP contribution is -2.19. The van der Waals surface area contributed by atoms with E-state index in [2.05, 4.69) is 25.2 Å². The molecule has 0 amide bonds. The third-order valence-corrected chi connectivity index (χ3v) is 2.61. The van der Waals surface area contributed by atoms with Crippen molar-refractivity contribution < 1.29 is 9.47 Å². The second kappa shape index (κ2) is 6.38. The van der Waals surface area contributed by atoms with E-state index >= 15 is 0 Å². The molecule has 0 aliphatic rings. The molecule has 1 rings (SSSR count). The molecule has 0 bridgehead atoms. The Balaban J connectivity index is 2.81. The molecule has 3 nitrogen and oxygen atoms in total. The first-order chi connectivity index (χ1) is 7.72. The van der Waals surface area contributed by atoms with Gasteiger partial charge in [-0.3, -0.25) is 0 Å². The van der Waals surface area contributed by atoms with E-state index in [0.29, 0.717) is 6.04 Å². The predicted molar refractivity (Wildman–Crippen MR) is 66.3 cm³/mol. The summed E-state index contributed by atoms with van der Waals surface area (Å²) >= 11 is 0. The Kier molecular flexibility index (Phi) is 5.12. The maximum Gasteiger partial charge on any atom is 0.161 e. The van der Waals surface area contributed by atoms with Crippen molar-refractivity contribution in [2.24, 2.45) is 0 Å². The van der Waals surface area contributed by atoms with Gasteiger partial charge in [0.1, 0.15) is 0 Å². The van der Waals surface area contributed by atoms with Crippen LogP contribution >= 0.6 is 0 Å². The van der Waals surface area contributed by atoms with Crippen molar-refractivity contribution in [1.29, 1.82) is 0 Å². The van der Waals surface area contributed by atoms with E-state index in [1.165, 1.54) is 5.56 Å². The fourth-order valence-corrected chi connectivity index (χ4v) is 1.60. The summed E-state index contributed by atoms with van der Waals surface area (Å²) in [7, 11) is 3.31. The van der Waals surface area contributed by atoms with Gasteiger partial charge in [0.2, 0.25) is 0 Å². The zero-order valence-electron chi connectivity index (χ0n) is 10.5. The molecule has 0 saturated heterocycles. The molecule has 16 heavy (non-hydrogen) atoms. The fraction of sp³-hybridized carbons (Fsp3) is 0.538. The van der Waals surface area contributed by atoms with Gasteiger partial charge in [-0.05, 0) is 37.6 Å². The van der Waals surface area contributed by atoms with Gasteiger partial charge in [0, 0.05) is 6.04 Å². The Morgan fingerprint density at radius 1 is 1.19 bits per heavy atom. The lowest BCUT2D eigenvalue weighted by Gasteiger charge is -2.16. The van der Waals surface area contributed by atoms with Crippen LogP contribution in [-0.2, 0) is 0 Å². The minimum Gasteiger partial charge on any atom is -0.493 e. The van der Waals surface area contributed by atoms with E-state index in [-0.39, 0.29) is 0 Å². The Morgan fingerprint density at radius 2 is 1.88 bits per heavy atom. The van der Waals surface area contributed by atoms with Crippen LogP contribution in [0, 0.1) is 0 Å². The molecular formula is C13H21NO2. The van der Waals surface area contributed by atoms with Crippen LogP contribution in [0.5, 0.6) is 11.5 Å². The van der Waals surface area contributed by atoms with E-state index in [9.17, 15) is 0 Å². The minimum absolute atomic E-state index is 0.333. The highest BCUT2D eigenvalue weighted by Crippen LogP contribution is 2.29. The Labute approximate surface area is 97.8 Å². The summed E-state index contributed by atoms with van der Waals surface area (Å²) in [5.74, 6) is 1.55. The molecule has 3 heteroatoms. The van der Waals surface area contributed by atoms with Crippen LogP contribution in [0.1, 0.15) is 31.9 Å². The molecule has 0 aliphatic carbocycles. The lowest BCUT2D eigenvalue weighted by atomic mass is 10.1. The van der Waals surface area contributed by atoms with Gasteiger partial charge >= 0.3 is 0 Å². The van der Waals surface area contributed by atoms with Gasteiger partial charge in [-0.1, -0.05) is 13.0 Å². The number of methoxy groups -OCH3 is 2. The van der Waals surface area contributed by atoms with Gasteiger partial charge in [-0.25, -0.2) is 0 Å². The molecule has 1 aromatic carbocycles. The average Bonchev–Trinajstić information content (AvgIpc) is 2.34. The molecule has 90 valence electrons. The summed E-state index contributed by atoms with van der Waals surface area (Å²) in [6, 6.07) is 6.36. The van der Waals surface area contributed by atoms with Crippen molar-refractivity contribution in [2.75, 3.05) is 20.8 Å². The van der Waals surface area contributed by atoms with Gasteiger partial charge in [-0.2, -0.15) is 0 Å². The number of ether oxygens (including phenoxy) is 2. The molecule has 0 fully saturated rings. The fourth-order valence-electron chi connectivity index (χ4n) is 1.60. The number of nitrogens with one attached hydrogen (secondary N) is 1. The van der Waals surface area contributed by atoms with Crippen LogP contribution in [0.2, 0.25) is 0 Å². The van der Waals surface area contributed by atoms with Gasteiger partial charge in [0.15, 0.2) is 11.5 Å². The Morgan fingerprint density at radius 3 is 2.44 bits per heavy atom. The number of hydrogen-bond donors (Lipinski definition) is 1. The van der Waals surface area contributed by atoms with Gasteiger partial charge in [-0.15, -0.1) is 0 Å². The first kappa shape index (κ1) is 12.8. The Bertz CT molecular complexity index is 326.